The number of anilines is 1. The van der Waals surface area contributed by atoms with Crippen molar-refractivity contribution in [2.24, 2.45) is 24.8 Å². The molecule has 2 heterocycles. The summed E-state index contributed by atoms with van der Waals surface area (Å²) < 4.78 is 1.54. The molecule has 2 amide bonds. The van der Waals surface area contributed by atoms with Crippen LogP contribution in [0.2, 0.25) is 0 Å². The number of H-pyrrole nitrogens is 1. The number of amides is 2. The summed E-state index contributed by atoms with van der Waals surface area (Å²) in [7, 11) is 1.73. The van der Waals surface area contributed by atoms with Gasteiger partial charge in [-0.2, -0.15) is 10.2 Å². The fourth-order valence-corrected chi connectivity index (χ4v) is 5.25. The van der Waals surface area contributed by atoms with Crippen LogP contribution in [-0.2, 0) is 24.7 Å². The first-order valence-electron chi connectivity index (χ1n) is 12.8. The number of aryl methyl sites for hydroxylation is 3. The number of carbonyl (C=O) groups excluding carboxylic acids is 2. The number of hydrogen-bond acceptors (Lipinski definition) is 4. The van der Waals surface area contributed by atoms with Gasteiger partial charge in [-0.15, -0.1) is 0 Å². The van der Waals surface area contributed by atoms with E-state index in [2.05, 4.69) is 39.8 Å². The van der Waals surface area contributed by atoms with E-state index < -0.39 is 6.04 Å². The molecule has 0 bridgehead atoms. The minimum Gasteiger partial charge on any atom is -0.339 e. The molecule has 1 aromatic carbocycles. The third kappa shape index (κ3) is 4.88. The first-order valence-corrected chi connectivity index (χ1v) is 12.8. The monoisotopic (exact) mass is 474 g/mol. The summed E-state index contributed by atoms with van der Waals surface area (Å²) in [6, 6.07) is 9.04. The molecule has 5 rings (SSSR count). The highest BCUT2D eigenvalue weighted by molar-refractivity contribution is 6.00. The SMILES string of the molecule is CCc1n[nH]c(CC)c1-c1ccc(NC(=O)[C@@H](NC(=O)c2ccnn2C)C(C2CC2)C2CC2)cc1. The fraction of sp³-hybridized carbons (Fsp3) is 0.481. The topological polar surface area (TPSA) is 105 Å². The molecule has 35 heavy (non-hydrogen) atoms. The molecular formula is C27H34N6O2. The molecule has 0 radical (unpaired) electrons. The average molecular weight is 475 g/mol. The predicted octanol–water partition coefficient (Wildman–Crippen LogP) is 4.11. The van der Waals surface area contributed by atoms with Crippen molar-refractivity contribution >= 4 is 17.5 Å². The number of nitrogens with one attached hydrogen (secondary N) is 3. The molecule has 2 aliphatic rings. The Kier molecular flexibility index (Phi) is 6.45. The Labute approximate surface area is 205 Å². The van der Waals surface area contributed by atoms with E-state index in [9.17, 15) is 9.59 Å². The van der Waals surface area contributed by atoms with Crippen LogP contribution in [0.1, 0.15) is 61.4 Å². The molecule has 0 aliphatic heterocycles. The highest BCUT2D eigenvalue weighted by Gasteiger charge is 2.48. The Bertz CT molecular complexity index is 1170. The van der Waals surface area contributed by atoms with E-state index in [1.54, 1.807) is 19.3 Å². The Morgan fingerprint density at radius 3 is 2.29 bits per heavy atom. The van der Waals surface area contributed by atoms with Crippen molar-refractivity contribution in [1.29, 1.82) is 0 Å². The molecule has 0 spiro atoms. The van der Waals surface area contributed by atoms with Gasteiger partial charge in [0.1, 0.15) is 11.7 Å². The average Bonchev–Trinajstić information content (AvgIpc) is 3.79. The molecule has 8 heteroatoms. The van der Waals surface area contributed by atoms with Gasteiger partial charge >= 0.3 is 0 Å². The molecule has 0 unspecified atom stereocenters. The summed E-state index contributed by atoms with van der Waals surface area (Å²) >= 11 is 0. The minimum absolute atomic E-state index is 0.149. The molecule has 3 aromatic rings. The number of carbonyl (C=O) groups is 2. The van der Waals surface area contributed by atoms with Gasteiger partial charge in [-0.05, 0) is 80.0 Å². The Hall–Kier alpha value is -3.42. The van der Waals surface area contributed by atoms with Crippen LogP contribution in [0, 0.1) is 17.8 Å². The van der Waals surface area contributed by atoms with E-state index in [1.807, 2.05) is 24.3 Å². The second-order valence-electron chi connectivity index (χ2n) is 9.84. The number of benzene rings is 1. The van der Waals surface area contributed by atoms with Crippen LogP contribution in [0.3, 0.4) is 0 Å². The van der Waals surface area contributed by atoms with Crippen LogP contribution in [0.25, 0.3) is 11.1 Å². The van der Waals surface area contributed by atoms with Gasteiger partial charge < -0.3 is 10.6 Å². The lowest BCUT2D eigenvalue weighted by atomic mass is 9.88. The van der Waals surface area contributed by atoms with Gasteiger partial charge in [0.05, 0.1) is 5.69 Å². The van der Waals surface area contributed by atoms with Crippen molar-refractivity contribution in [3.8, 4) is 11.1 Å². The highest BCUT2D eigenvalue weighted by atomic mass is 16.2. The summed E-state index contributed by atoms with van der Waals surface area (Å²) in [4.78, 5) is 26.6. The van der Waals surface area contributed by atoms with E-state index in [0.29, 0.717) is 17.5 Å². The second-order valence-corrected chi connectivity index (χ2v) is 9.84. The van der Waals surface area contributed by atoms with E-state index in [1.165, 1.54) is 4.68 Å². The zero-order valence-electron chi connectivity index (χ0n) is 20.7. The molecule has 8 nitrogen and oxygen atoms in total. The van der Waals surface area contributed by atoms with Crippen molar-refractivity contribution in [2.75, 3.05) is 5.32 Å². The first kappa shape index (κ1) is 23.3. The molecule has 2 aromatic heterocycles. The van der Waals surface area contributed by atoms with E-state index >= 15 is 0 Å². The maximum Gasteiger partial charge on any atom is 0.270 e. The van der Waals surface area contributed by atoms with Crippen LogP contribution < -0.4 is 10.6 Å². The summed E-state index contributed by atoms with van der Waals surface area (Å²) in [6.45, 7) is 4.21. The molecular weight excluding hydrogens is 440 g/mol. The second kappa shape index (κ2) is 9.68. The lowest BCUT2D eigenvalue weighted by Gasteiger charge is -2.27. The quantitative estimate of drug-likeness (QED) is 0.411. The first-order chi connectivity index (χ1) is 17.0. The molecule has 2 fully saturated rings. The van der Waals surface area contributed by atoms with Gasteiger partial charge in [0.2, 0.25) is 5.91 Å². The van der Waals surface area contributed by atoms with Crippen LogP contribution in [0.5, 0.6) is 0 Å². The van der Waals surface area contributed by atoms with Crippen molar-refractivity contribution < 1.29 is 9.59 Å². The molecule has 3 N–H and O–H groups in total. The van der Waals surface area contributed by atoms with E-state index in [4.69, 9.17) is 0 Å². The van der Waals surface area contributed by atoms with Gasteiger partial charge in [0, 0.05) is 30.2 Å². The van der Waals surface area contributed by atoms with Gasteiger partial charge in [0.25, 0.3) is 5.91 Å². The number of rotatable bonds is 10. The molecule has 2 aliphatic carbocycles. The van der Waals surface area contributed by atoms with Crippen LogP contribution in [-0.4, -0.2) is 37.8 Å². The zero-order valence-corrected chi connectivity index (χ0v) is 20.7. The van der Waals surface area contributed by atoms with Crippen molar-refractivity contribution in [1.82, 2.24) is 25.3 Å². The maximum atomic E-state index is 13.6. The Balaban J connectivity index is 1.36. The maximum absolute atomic E-state index is 13.6. The minimum atomic E-state index is -0.565. The summed E-state index contributed by atoms with van der Waals surface area (Å²) in [6.07, 6.45) is 7.85. The van der Waals surface area contributed by atoms with Crippen molar-refractivity contribution in [3.05, 3.63) is 53.6 Å². The highest BCUT2D eigenvalue weighted by Crippen LogP contribution is 2.51. The lowest BCUT2D eigenvalue weighted by Crippen LogP contribution is -2.50. The van der Waals surface area contributed by atoms with Gasteiger partial charge in [-0.3, -0.25) is 19.4 Å². The number of nitrogens with zero attached hydrogens (tertiary/aromatic N) is 3. The fourth-order valence-electron chi connectivity index (χ4n) is 5.25. The largest absolute Gasteiger partial charge is 0.339 e. The Morgan fingerprint density at radius 1 is 1.06 bits per heavy atom. The third-order valence-corrected chi connectivity index (χ3v) is 7.39. The van der Waals surface area contributed by atoms with E-state index in [0.717, 1.165) is 66.7 Å². The van der Waals surface area contributed by atoms with Gasteiger partial charge in [-0.25, -0.2) is 0 Å². The smallest absolute Gasteiger partial charge is 0.270 e. The summed E-state index contributed by atoms with van der Waals surface area (Å²) in [5.41, 5.74) is 5.58. The summed E-state index contributed by atoms with van der Waals surface area (Å²) in [5.74, 6) is 0.786. The van der Waals surface area contributed by atoms with Crippen LogP contribution >= 0.6 is 0 Å². The number of aromatic nitrogens is 4. The Morgan fingerprint density at radius 2 is 1.74 bits per heavy atom. The zero-order chi connectivity index (χ0) is 24.5. The standard InChI is InChI=1S/C27H34N6O2/c1-4-20-24(21(5-2)32-31-20)18-10-12-19(13-11-18)29-27(35)25(23(16-6-7-16)17-8-9-17)30-26(34)22-14-15-28-33(22)3/h10-17,23,25H,4-9H2,1-3H3,(H,29,35)(H,30,34)(H,31,32)/t25-/m0/s1. The van der Waals surface area contributed by atoms with Gasteiger partial charge in [0.15, 0.2) is 0 Å². The van der Waals surface area contributed by atoms with Crippen LogP contribution in [0.4, 0.5) is 5.69 Å². The molecule has 0 saturated heterocycles. The normalized spacial score (nSPS) is 16.3. The van der Waals surface area contributed by atoms with E-state index in [-0.39, 0.29) is 17.7 Å². The molecule has 2 saturated carbocycles. The lowest BCUT2D eigenvalue weighted by molar-refractivity contribution is -0.119. The van der Waals surface area contributed by atoms with Crippen molar-refractivity contribution in [2.45, 2.75) is 58.4 Å². The van der Waals surface area contributed by atoms with Gasteiger partial charge in [-0.1, -0.05) is 26.0 Å². The predicted molar refractivity (Wildman–Crippen MR) is 135 cm³/mol. The summed E-state index contributed by atoms with van der Waals surface area (Å²) in [5, 5.41) is 17.8. The molecule has 1 atom stereocenters. The molecule has 184 valence electrons. The van der Waals surface area contributed by atoms with Crippen molar-refractivity contribution in [3.63, 3.8) is 0 Å². The van der Waals surface area contributed by atoms with Crippen LogP contribution in [0.15, 0.2) is 36.5 Å². The third-order valence-electron chi connectivity index (χ3n) is 7.39. The number of aromatic amines is 1. The number of hydrogen-bond donors (Lipinski definition) is 3.